The summed E-state index contributed by atoms with van der Waals surface area (Å²) < 4.78 is 0. The molecule has 1 saturated heterocycles. The first-order chi connectivity index (χ1) is 9.74. The van der Waals surface area contributed by atoms with Gasteiger partial charge in [0.2, 0.25) is 0 Å². The Labute approximate surface area is 156 Å². The molecule has 0 aromatic heterocycles. The molecule has 1 aromatic rings. The summed E-state index contributed by atoms with van der Waals surface area (Å²) in [4.78, 5) is 2.53. The number of nitrogens with one attached hydrogen (secondary N) is 1. The van der Waals surface area contributed by atoms with E-state index in [0.29, 0.717) is 6.04 Å². The Morgan fingerprint density at radius 3 is 2.23 bits per heavy atom. The summed E-state index contributed by atoms with van der Waals surface area (Å²) in [5, 5.41) is 5.02. The SMILES string of the molecule is CCCCC[C@H](c1c(Cl)cccc1Cl)N1CCNCC1.Cl.Cl. The van der Waals surface area contributed by atoms with Gasteiger partial charge in [-0.2, -0.15) is 0 Å². The summed E-state index contributed by atoms with van der Waals surface area (Å²) in [7, 11) is 0. The summed E-state index contributed by atoms with van der Waals surface area (Å²) >= 11 is 12.9. The predicted molar refractivity (Wildman–Crippen MR) is 102 cm³/mol. The van der Waals surface area contributed by atoms with Crippen LogP contribution in [0.1, 0.15) is 44.2 Å². The molecule has 1 aromatic carbocycles. The Hall–Kier alpha value is 0.300. The third-order valence-electron chi connectivity index (χ3n) is 4.01. The van der Waals surface area contributed by atoms with E-state index in [2.05, 4.69) is 17.1 Å². The van der Waals surface area contributed by atoms with Crippen LogP contribution >= 0.6 is 48.0 Å². The number of benzene rings is 1. The van der Waals surface area contributed by atoms with Gasteiger partial charge in [-0.3, -0.25) is 4.90 Å². The van der Waals surface area contributed by atoms with Gasteiger partial charge in [0.1, 0.15) is 0 Å². The molecule has 1 aliphatic heterocycles. The van der Waals surface area contributed by atoms with Gasteiger partial charge in [-0.25, -0.2) is 0 Å². The fourth-order valence-electron chi connectivity index (χ4n) is 2.92. The molecule has 0 unspecified atom stereocenters. The molecule has 0 saturated carbocycles. The Kier molecular flexibility index (Phi) is 11.9. The Morgan fingerprint density at radius 2 is 1.68 bits per heavy atom. The van der Waals surface area contributed by atoms with E-state index in [1.807, 2.05) is 18.2 Å². The molecule has 2 nitrogen and oxygen atoms in total. The van der Waals surface area contributed by atoms with Gasteiger partial charge in [0, 0.05) is 47.8 Å². The first-order valence-electron chi connectivity index (χ1n) is 7.62. The zero-order valence-electron chi connectivity index (χ0n) is 13.0. The third-order valence-corrected chi connectivity index (χ3v) is 4.67. The lowest BCUT2D eigenvalue weighted by atomic mass is 9.98. The van der Waals surface area contributed by atoms with Crippen molar-refractivity contribution in [2.75, 3.05) is 26.2 Å². The van der Waals surface area contributed by atoms with Crippen molar-refractivity contribution >= 4 is 48.0 Å². The maximum Gasteiger partial charge on any atom is 0.0468 e. The number of nitrogens with zero attached hydrogens (tertiary/aromatic N) is 1. The van der Waals surface area contributed by atoms with Crippen LogP contribution in [-0.4, -0.2) is 31.1 Å². The molecule has 1 fully saturated rings. The van der Waals surface area contributed by atoms with E-state index in [0.717, 1.165) is 48.2 Å². The standard InChI is InChI=1S/C16H24Cl2N2.2ClH/c1-2-3-4-8-15(20-11-9-19-10-12-20)16-13(17)6-5-7-14(16)18;;/h5-7,15,19H,2-4,8-12H2,1H3;2*1H/t15-;;/m1../s1. The van der Waals surface area contributed by atoms with Crippen molar-refractivity contribution in [3.05, 3.63) is 33.8 Å². The largest absolute Gasteiger partial charge is 0.314 e. The summed E-state index contributed by atoms with van der Waals surface area (Å²) in [6, 6.07) is 6.19. The maximum absolute atomic E-state index is 6.43. The van der Waals surface area contributed by atoms with Crippen molar-refractivity contribution in [1.29, 1.82) is 0 Å². The fraction of sp³-hybridized carbons (Fsp3) is 0.625. The minimum Gasteiger partial charge on any atom is -0.314 e. The number of hydrogen-bond donors (Lipinski definition) is 1. The number of hydrogen-bond acceptors (Lipinski definition) is 2. The second-order valence-electron chi connectivity index (χ2n) is 5.43. The maximum atomic E-state index is 6.43. The normalized spacial score (nSPS) is 16.5. The summed E-state index contributed by atoms with van der Waals surface area (Å²) in [6.07, 6.45) is 4.87. The summed E-state index contributed by atoms with van der Waals surface area (Å²) in [5.74, 6) is 0. The molecule has 1 atom stereocenters. The number of unbranched alkanes of at least 4 members (excludes halogenated alkanes) is 2. The van der Waals surface area contributed by atoms with Crippen molar-refractivity contribution < 1.29 is 0 Å². The van der Waals surface area contributed by atoms with Crippen LogP contribution in [0.3, 0.4) is 0 Å². The van der Waals surface area contributed by atoms with Crippen LogP contribution in [0.4, 0.5) is 0 Å². The Morgan fingerprint density at radius 1 is 1.09 bits per heavy atom. The molecule has 0 bridgehead atoms. The lowest BCUT2D eigenvalue weighted by Crippen LogP contribution is -2.45. The molecule has 1 aliphatic rings. The average molecular weight is 388 g/mol. The molecule has 6 heteroatoms. The summed E-state index contributed by atoms with van der Waals surface area (Å²) in [6.45, 7) is 6.47. The van der Waals surface area contributed by atoms with Gasteiger partial charge in [0.05, 0.1) is 0 Å². The summed E-state index contributed by atoms with van der Waals surface area (Å²) in [5.41, 5.74) is 1.12. The minimum atomic E-state index is 0. The van der Waals surface area contributed by atoms with Crippen LogP contribution in [0, 0.1) is 0 Å². The second kappa shape index (κ2) is 11.8. The van der Waals surface area contributed by atoms with E-state index < -0.39 is 0 Å². The van der Waals surface area contributed by atoms with E-state index in [-0.39, 0.29) is 24.8 Å². The van der Waals surface area contributed by atoms with Gasteiger partial charge in [0.15, 0.2) is 0 Å². The third kappa shape index (κ3) is 6.07. The van der Waals surface area contributed by atoms with E-state index in [1.54, 1.807) is 0 Å². The second-order valence-corrected chi connectivity index (χ2v) is 6.25. The molecule has 0 spiro atoms. The van der Waals surface area contributed by atoms with Crippen molar-refractivity contribution in [2.24, 2.45) is 0 Å². The fourth-order valence-corrected chi connectivity index (χ4v) is 3.57. The van der Waals surface area contributed by atoms with Gasteiger partial charge in [-0.05, 0) is 18.6 Å². The molecule has 0 amide bonds. The van der Waals surface area contributed by atoms with Gasteiger partial charge in [-0.1, -0.05) is 55.5 Å². The quantitative estimate of drug-likeness (QED) is 0.660. The molecule has 128 valence electrons. The van der Waals surface area contributed by atoms with Crippen molar-refractivity contribution in [1.82, 2.24) is 10.2 Å². The lowest BCUT2D eigenvalue weighted by Gasteiger charge is -2.36. The van der Waals surface area contributed by atoms with Gasteiger partial charge in [0.25, 0.3) is 0 Å². The highest BCUT2D eigenvalue weighted by atomic mass is 35.5. The van der Waals surface area contributed by atoms with E-state index in [1.165, 1.54) is 19.3 Å². The Balaban J connectivity index is 0.00000220. The topological polar surface area (TPSA) is 15.3 Å². The molecule has 0 aliphatic carbocycles. The van der Waals surface area contributed by atoms with Crippen LogP contribution in [0.2, 0.25) is 10.0 Å². The van der Waals surface area contributed by atoms with Crippen molar-refractivity contribution in [2.45, 2.75) is 38.6 Å². The highest BCUT2D eigenvalue weighted by Gasteiger charge is 2.25. The molecular formula is C16H26Cl4N2. The number of halogens is 4. The highest BCUT2D eigenvalue weighted by Crippen LogP contribution is 2.36. The van der Waals surface area contributed by atoms with E-state index in [9.17, 15) is 0 Å². The molecule has 22 heavy (non-hydrogen) atoms. The van der Waals surface area contributed by atoms with Crippen LogP contribution in [0.25, 0.3) is 0 Å². The highest BCUT2D eigenvalue weighted by molar-refractivity contribution is 6.36. The van der Waals surface area contributed by atoms with Crippen LogP contribution in [0.5, 0.6) is 0 Å². The minimum absolute atomic E-state index is 0. The predicted octanol–water partition coefficient (Wildman–Crippen LogP) is 5.36. The van der Waals surface area contributed by atoms with Gasteiger partial charge >= 0.3 is 0 Å². The zero-order valence-corrected chi connectivity index (χ0v) is 16.1. The zero-order chi connectivity index (χ0) is 14.4. The number of rotatable bonds is 6. The lowest BCUT2D eigenvalue weighted by molar-refractivity contribution is 0.163. The van der Waals surface area contributed by atoms with Gasteiger partial charge in [-0.15, -0.1) is 24.8 Å². The van der Waals surface area contributed by atoms with E-state index >= 15 is 0 Å². The van der Waals surface area contributed by atoms with E-state index in [4.69, 9.17) is 23.2 Å². The first-order valence-corrected chi connectivity index (χ1v) is 8.38. The van der Waals surface area contributed by atoms with Crippen LogP contribution < -0.4 is 5.32 Å². The van der Waals surface area contributed by atoms with Crippen molar-refractivity contribution in [3.63, 3.8) is 0 Å². The molecule has 2 rings (SSSR count). The molecule has 1 N–H and O–H groups in total. The van der Waals surface area contributed by atoms with Crippen molar-refractivity contribution in [3.8, 4) is 0 Å². The van der Waals surface area contributed by atoms with Crippen LogP contribution in [0.15, 0.2) is 18.2 Å². The molecule has 0 radical (unpaired) electrons. The average Bonchev–Trinajstić information content (AvgIpc) is 2.46. The molecular weight excluding hydrogens is 362 g/mol. The van der Waals surface area contributed by atoms with Gasteiger partial charge < -0.3 is 5.32 Å². The Bertz CT molecular complexity index is 402. The smallest absolute Gasteiger partial charge is 0.0468 e. The number of piperazine rings is 1. The monoisotopic (exact) mass is 386 g/mol. The molecule has 1 heterocycles. The first kappa shape index (κ1) is 22.3. The van der Waals surface area contributed by atoms with Crippen LogP contribution in [-0.2, 0) is 0 Å².